The molecule has 1 rings (SSSR count). The maximum absolute atomic E-state index is 11.4. The van der Waals surface area contributed by atoms with Gasteiger partial charge in [-0.05, 0) is 25.8 Å². The van der Waals surface area contributed by atoms with Crippen molar-refractivity contribution in [3.63, 3.8) is 0 Å². The van der Waals surface area contributed by atoms with E-state index in [1.807, 2.05) is 11.8 Å². The van der Waals surface area contributed by atoms with E-state index in [9.17, 15) is 14.7 Å². The van der Waals surface area contributed by atoms with Gasteiger partial charge < -0.3 is 9.84 Å². The van der Waals surface area contributed by atoms with Crippen molar-refractivity contribution in [3.05, 3.63) is 0 Å². The highest BCUT2D eigenvalue weighted by Gasteiger charge is 2.33. The van der Waals surface area contributed by atoms with Crippen LogP contribution in [0.3, 0.4) is 0 Å². The lowest BCUT2D eigenvalue weighted by Crippen LogP contribution is -2.50. The lowest BCUT2D eigenvalue weighted by Gasteiger charge is -2.39. The Morgan fingerprint density at radius 2 is 2.17 bits per heavy atom. The summed E-state index contributed by atoms with van der Waals surface area (Å²) in [6.07, 6.45) is 4.69. The van der Waals surface area contributed by atoms with Gasteiger partial charge in [-0.15, -0.1) is 0 Å². The van der Waals surface area contributed by atoms with Crippen LogP contribution in [0.15, 0.2) is 0 Å². The Kier molecular flexibility index (Phi) is 6.12. The smallest absolute Gasteiger partial charge is 0.320 e. The highest BCUT2D eigenvalue weighted by Crippen LogP contribution is 2.24. The zero-order chi connectivity index (χ0) is 13.5. The molecule has 18 heavy (non-hydrogen) atoms. The van der Waals surface area contributed by atoms with Crippen molar-refractivity contribution in [2.24, 2.45) is 0 Å². The van der Waals surface area contributed by atoms with E-state index in [2.05, 4.69) is 4.74 Å². The quantitative estimate of drug-likeness (QED) is 0.733. The van der Waals surface area contributed by atoms with Gasteiger partial charge in [0.25, 0.3) is 0 Å². The Morgan fingerprint density at radius 3 is 2.72 bits per heavy atom. The summed E-state index contributed by atoms with van der Waals surface area (Å²) in [6, 6.07) is -0.455. The van der Waals surface area contributed by atoms with Gasteiger partial charge in [-0.3, -0.25) is 14.5 Å². The Bertz CT molecular complexity index is 293. The van der Waals surface area contributed by atoms with E-state index in [1.54, 1.807) is 0 Å². The molecular formula is C13H23NO4. The van der Waals surface area contributed by atoms with Gasteiger partial charge in [0.15, 0.2) is 0 Å². The third-order valence-corrected chi connectivity index (χ3v) is 3.55. The first-order chi connectivity index (χ1) is 8.60. The van der Waals surface area contributed by atoms with Crippen molar-refractivity contribution in [1.29, 1.82) is 0 Å². The lowest BCUT2D eigenvalue weighted by molar-refractivity contribution is -0.149. The van der Waals surface area contributed by atoms with E-state index in [0.717, 1.165) is 32.2 Å². The average molecular weight is 257 g/mol. The lowest BCUT2D eigenvalue weighted by atomic mass is 9.95. The topological polar surface area (TPSA) is 66.8 Å². The second kappa shape index (κ2) is 7.36. The van der Waals surface area contributed by atoms with Crippen LogP contribution in [0, 0.1) is 0 Å². The molecule has 0 aromatic carbocycles. The Hall–Kier alpha value is -1.10. The average Bonchev–Trinajstić information content (AvgIpc) is 2.36. The number of hydrogen-bond acceptors (Lipinski definition) is 4. The van der Waals surface area contributed by atoms with Crippen LogP contribution in [0.5, 0.6) is 0 Å². The highest BCUT2D eigenvalue weighted by atomic mass is 16.5. The second-order valence-electron chi connectivity index (χ2n) is 4.81. The largest absolute Gasteiger partial charge is 0.480 e. The molecule has 1 aliphatic heterocycles. The van der Waals surface area contributed by atoms with E-state index in [1.165, 1.54) is 7.11 Å². The Labute approximate surface area is 108 Å². The van der Waals surface area contributed by atoms with Crippen LogP contribution in [0.25, 0.3) is 0 Å². The minimum absolute atomic E-state index is 0.0128. The van der Waals surface area contributed by atoms with Gasteiger partial charge in [0.2, 0.25) is 0 Å². The van der Waals surface area contributed by atoms with Crippen molar-refractivity contribution in [1.82, 2.24) is 4.90 Å². The molecule has 104 valence electrons. The van der Waals surface area contributed by atoms with Gasteiger partial charge in [0.05, 0.1) is 13.5 Å². The van der Waals surface area contributed by atoms with Gasteiger partial charge >= 0.3 is 11.9 Å². The van der Waals surface area contributed by atoms with E-state index < -0.39 is 12.0 Å². The van der Waals surface area contributed by atoms with Crippen molar-refractivity contribution in [3.8, 4) is 0 Å². The number of carbonyl (C=O) groups is 2. The van der Waals surface area contributed by atoms with Crippen LogP contribution in [0.1, 0.15) is 45.4 Å². The first-order valence-electron chi connectivity index (χ1n) is 6.65. The first-order valence-corrected chi connectivity index (χ1v) is 6.65. The van der Waals surface area contributed by atoms with Gasteiger partial charge in [-0.1, -0.05) is 19.8 Å². The van der Waals surface area contributed by atoms with Crippen molar-refractivity contribution in [2.45, 2.75) is 57.5 Å². The van der Waals surface area contributed by atoms with Gasteiger partial charge in [-0.25, -0.2) is 0 Å². The molecule has 1 N–H and O–H groups in total. The number of carboxylic acid groups (broad SMARTS) is 1. The number of nitrogens with zero attached hydrogens (tertiary/aromatic N) is 1. The fourth-order valence-electron chi connectivity index (χ4n) is 2.63. The van der Waals surface area contributed by atoms with Gasteiger partial charge in [0, 0.05) is 6.04 Å². The molecule has 0 amide bonds. The predicted molar refractivity (Wildman–Crippen MR) is 67.3 cm³/mol. The number of rotatable bonds is 6. The molecule has 0 spiro atoms. The molecule has 0 aromatic rings. The van der Waals surface area contributed by atoms with Crippen LogP contribution in [-0.4, -0.2) is 47.7 Å². The number of ether oxygens (including phenoxy) is 1. The summed E-state index contributed by atoms with van der Waals surface area (Å²) >= 11 is 0. The van der Waals surface area contributed by atoms with Crippen molar-refractivity contribution in [2.75, 3.05) is 13.7 Å². The number of aliphatic carboxylic acids is 1. The summed E-state index contributed by atoms with van der Waals surface area (Å²) in [5.41, 5.74) is 0. The third kappa shape index (κ3) is 3.98. The van der Waals surface area contributed by atoms with E-state index in [4.69, 9.17) is 0 Å². The molecule has 1 saturated heterocycles. The fourth-order valence-corrected chi connectivity index (χ4v) is 2.63. The molecule has 0 aromatic heterocycles. The molecule has 0 bridgehead atoms. The number of esters is 1. The van der Waals surface area contributed by atoms with E-state index in [-0.39, 0.29) is 12.0 Å². The molecule has 0 saturated carbocycles. The number of hydrogen-bond donors (Lipinski definition) is 1. The van der Waals surface area contributed by atoms with Crippen LogP contribution in [0.2, 0.25) is 0 Å². The molecule has 2 unspecified atom stereocenters. The zero-order valence-electron chi connectivity index (χ0n) is 11.2. The van der Waals surface area contributed by atoms with E-state index >= 15 is 0 Å². The molecular weight excluding hydrogens is 234 g/mol. The molecule has 5 heteroatoms. The first kappa shape index (κ1) is 15.0. The molecule has 1 heterocycles. The standard InChI is InChI=1S/C13H23NO4/c1-3-6-11(13(16)17)14-8-5-4-7-10(14)9-12(15)18-2/h10-11H,3-9H2,1-2H3,(H,16,17). The maximum atomic E-state index is 11.4. The van der Waals surface area contributed by atoms with Crippen molar-refractivity contribution < 1.29 is 19.4 Å². The normalized spacial score (nSPS) is 22.4. The summed E-state index contributed by atoms with van der Waals surface area (Å²) < 4.78 is 4.69. The minimum Gasteiger partial charge on any atom is -0.480 e. The summed E-state index contributed by atoms with van der Waals surface area (Å²) in [7, 11) is 1.37. The number of methoxy groups -OCH3 is 1. The summed E-state index contributed by atoms with van der Waals surface area (Å²) in [5, 5.41) is 9.31. The van der Waals surface area contributed by atoms with Crippen LogP contribution in [0.4, 0.5) is 0 Å². The van der Waals surface area contributed by atoms with Gasteiger partial charge in [0.1, 0.15) is 6.04 Å². The molecule has 2 atom stereocenters. The maximum Gasteiger partial charge on any atom is 0.320 e. The van der Waals surface area contributed by atoms with Crippen LogP contribution < -0.4 is 0 Å². The summed E-state index contributed by atoms with van der Waals surface area (Å²) in [5.74, 6) is -1.04. The minimum atomic E-state index is -0.784. The predicted octanol–water partition coefficient (Wildman–Crippen LogP) is 1.66. The van der Waals surface area contributed by atoms with Crippen molar-refractivity contribution >= 4 is 11.9 Å². The molecule has 1 fully saturated rings. The highest BCUT2D eigenvalue weighted by molar-refractivity contribution is 5.74. The Morgan fingerprint density at radius 1 is 1.44 bits per heavy atom. The SMILES string of the molecule is CCCC(C(=O)O)N1CCCCC1CC(=O)OC. The summed E-state index contributed by atoms with van der Waals surface area (Å²) in [4.78, 5) is 24.7. The number of likely N-dealkylation sites (tertiary alicyclic amines) is 1. The molecule has 0 radical (unpaired) electrons. The molecule has 0 aliphatic carbocycles. The molecule has 1 aliphatic rings. The van der Waals surface area contributed by atoms with Crippen LogP contribution >= 0.6 is 0 Å². The number of carboxylic acids is 1. The van der Waals surface area contributed by atoms with Crippen LogP contribution in [-0.2, 0) is 14.3 Å². The Balaban J connectivity index is 2.72. The second-order valence-corrected chi connectivity index (χ2v) is 4.81. The third-order valence-electron chi connectivity index (χ3n) is 3.55. The van der Waals surface area contributed by atoms with E-state index in [0.29, 0.717) is 12.8 Å². The zero-order valence-corrected chi connectivity index (χ0v) is 11.2. The molecule has 5 nitrogen and oxygen atoms in total. The van der Waals surface area contributed by atoms with Gasteiger partial charge in [-0.2, -0.15) is 0 Å². The number of piperidine rings is 1. The monoisotopic (exact) mass is 257 g/mol. The fraction of sp³-hybridized carbons (Fsp3) is 0.846. The number of carbonyl (C=O) groups excluding carboxylic acids is 1. The summed E-state index contributed by atoms with van der Waals surface area (Å²) in [6.45, 7) is 2.74.